The molecule has 2 aliphatic heterocycles. The van der Waals surface area contributed by atoms with Crippen molar-refractivity contribution in [3.63, 3.8) is 0 Å². The van der Waals surface area contributed by atoms with Crippen molar-refractivity contribution in [3.05, 3.63) is 11.9 Å². The molecule has 176 valence electrons. The van der Waals surface area contributed by atoms with Crippen LogP contribution in [0.25, 0.3) is 0 Å². The Bertz CT molecular complexity index is 852. The average Bonchev–Trinajstić information content (AvgIpc) is 2.95. The fraction of sp³-hybridized carbons (Fsp3) is 0.579. The van der Waals surface area contributed by atoms with Crippen LogP contribution in [0, 0.1) is 0 Å². The lowest BCUT2D eigenvalue weighted by atomic mass is 10.1. The first-order valence-corrected chi connectivity index (χ1v) is 9.62. The Morgan fingerprint density at radius 1 is 1.00 bits per heavy atom. The molecule has 0 spiro atoms. The summed E-state index contributed by atoms with van der Waals surface area (Å²) in [4.78, 5) is 63.1. The molecule has 2 aliphatic rings. The minimum Gasteiger partial charge on any atom is -0.463 e. The minimum atomic E-state index is -1.17. The summed E-state index contributed by atoms with van der Waals surface area (Å²) in [6, 6.07) is -0.236. The number of amides is 1. The summed E-state index contributed by atoms with van der Waals surface area (Å²) < 4.78 is 26.7. The maximum atomic E-state index is 11.8. The SMILES string of the molecule is CC(=O)NC1=CCN(C2OC(COC(C)=O)C(OC(C)=O)C2OC(C)=O)C(OC(C)=O)=N1. The molecule has 0 radical (unpaired) electrons. The first kappa shape index (κ1) is 24.8. The molecule has 1 amide bonds. The molecule has 0 aliphatic carbocycles. The molecular weight excluding hydrogens is 430 g/mol. The van der Waals surface area contributed by atoms with Crippen LogP contribution in [0.3, 0.4) is 0 Å². The van der Waals surface area contributed by atoms with Gasteiger partial charge in [0.05, 0.1) is 0 Å². The van der Waals surface area contributed by atoms with Gasteiger partial charge in [0.2, 0.25) is 5.91 Å². The second-order valence-electron chi connectivity index (χ2n) is 6.93. The number of ether oxygens (including phenoxy) is 5. The van der Waals surface area contributed by atoms with E-state index in [1.165, 1.54) is 24.8 Å². The molecule has 4 unspecified atom stereocenters. The highest BCUT2D eigenvalue weighted by Crippen LogP contribution is 2.31. The first-order valence-electron chi connectivity index (χ1n) is 9.62. The highest BCUT2D eigenvalue weighted by Gasteiger charge is 2.53. The Hall–Kier alpha value is -3.48. The van der Waals surface area contributed by atoms with Crippen molar-refractivity contribution >= 4 is 35.8 Å². The second kappa shape index (κ2) is 10.7. The standard InChI is InChI=1S/C19H25N3O10/c1-9(23)20-15-6-7-22(19(21-15)31-13(5)27)18-17(30-12(4)26)16(29-11(3)25)14(32-18)8-28-10(2)24/h6,14,16-18H,7-8H2,1-5H3,(H,20,23). The van der Waals surface area contributed by atoms with Gasteiger partial charge in [0, 0.05) is 41.2 Å². The van der Waals surface area contributed by atoms with Crippen molar-refractivity contribution in [2.24, 2.45) is 4.99 Å². The van der Waals surface area contributed by atoms with Gasteiger partial charge in [-0.15, -0.1) is 0 Å². The van der Waals surface area contributed by atoms with Crippen LogP contribution in [0.1, 0.15) is 34.6 Å². The second-order valence-corrected chi connectivity index (χ2v) is 6.93. The molecule has 4 atom stereocenters. The molecule has 13 heteroatoms. The van der Waals surface area contributed by atoms with Gasteiger partial charge in [-0.1, -0.05) is 0 Å². The van der Waals surface area contributed by atoms with Crippen LogP contribution >= 0.6 is 0 Å². The molecule has 13 nitrogen and oxygen atoms in total. The van der Waals surface area contributed by atoms with Crippen molar-refractivity contribution in [2.45, 2.75) is 59.2 Å². The van der Waals surface area contributed by atoms with Gasteiger partial charge in [-0.3, -0.25) is 28.9 Å². The summed E-state index contributed by atoms with van der Waals surface area (Å²) in [6.07, 6.45) is -2.90. The number of nitrogens with one attached hydrogen (secondary N) is 1. The molecule has 0 saturated carbocycles. The molecule has 1 N–H and O–H groups in total. The van der Waals surface area contributed by atoms with Crippen LogP contribution in [0.5, 0.6) is 0 Å². The highest BCUT2D eigenvalue weighted by atomic mass is 16.7. The van der Waals surface area contributed by atoms with Gasteiger partial charge in [-0.05, 0) is 6.08 Å². The number of carbonyl (C=O) groups excluding carboxylic acids is 5. The molecule has 0 aromatic carbocycles. The zero-order chi connectivity index (χ0) is 24.0. The van der Waals surface area contributed by atoms with Gasteiger partial charge >= 0.3 is 29.9 Å². The molecule has 0 aromatic heterocycles. The van der Waals surface area contributed by atoms with E-state index in [1.54, 1.807) is 0 Å². The summed E-state index contributed by atoms with van der Waals surface area (Å²) in [5.74, 6) is -2.91. The summed E-state index contributed by atoms with van der Waals surface area (Å²) in [5.41, 5.74) is 0. The zero-order valence-corrected chi connectivity index (χ0v) is 18.3. The fourth-order valence-electron chi connectivity index (χ4n) is 3.10. The first-order chi connectivity index (χ1) is 15.0. The van der Waals surface area contributed by atoms with E-state index in [0.29, 0.717) is 0 Å². The average molecular weight is 455 g/mol. The highest BCUT2D eigenvalue weighted by molar-refractivity contribution is 5.88. The number of amidine groups is 1. The third-order valence-electron chi connectivity index (χ3n) is 4.13. The third-order valence-corrected chi connectivity index (χ3v) is 4.13. The number of nitrogens with zero attached hydrogens (tertiary/aromatic N) is 2. The number of aliphatic imine (C=N–C) groups is 1. The van der Waals surface area contributed by atoms with Crippen molar-refractivity contribution in [2.75, 3.05) is 13.2 Å². The van der Waals surface area contributed by atoms with Gasteiger partial charge in [0.1, 0.15) is 18.5 Å². The van der Waals surface area contributed by atoms with Crippen LogP contribution < -0.4 is 5.32 Å². The summed E-state index contributed by atoms with van der Waals surface area (Å²) in [7, 11) is 0. The molecule has 0 aromatic rings. The van der Waals surface area contributed by atoms with E-state index in [4.69, 9.17) is 23.7 Å². The van der Waals surface area contributed by atoms with Gasteiger partial charge < -0.3 is 29.0 Å². The molecule has 2 rings (SSSR count). The van der Waals surface area contributed by atoms with E-state index in [-0.39, 0.29) is 30.9 Å². The largest absolute Gasteiger partial charge is 0.463 e. The lowest BCUT2D eigenvalue weighted by Crippen LogP contribution is -2.52. The lowest BCUT2D eigenvalue weighted by Gasteiger charge is -2.34. The summed E-state index contributed by atoms with van der Waals surface area (Å²) in [5, 5.41) is 2.48. The molecule has 0 bridgehead atoms. The predicted octanol–water partition coefficient (Wildman–Crippen LogP) is -0.650. The summed E-state index contributed by atoms with van der Waals surface area (Å²) in [6.45, 7) is 5.69. The lowest BCUT2D eigenvalue weighted by molar-refractivity contribution is -0.167. The van der Waals surface area contributed by atoms with E-state index in [0.717, 1.165) is 20.8 Å². The van der Waals surface area contributed by atoms with Crippen molar-refractivity contribution < 1.29 is 47.7 Å². The monoisotopic (exact) mass is 455 g/mol. The van der Waals surface area contributed by atoms with E-state index < -0.39 is 48.4 Å². The van der Waals surface area contributed by atoms with Crippen LogP contribution in [0.15, 0.2) is 16.9 Å². The van der Waals surface area contributed by atoms with Gasteiger partial charge in [0.15, 0.2) is 18.4 Å². The number of hydrogen-bond donors (Lipinski definition) is 1. The normalized spacial score (nSPS) is 24.6. The molecule has 1 fully saturated rings. The maximum absolute atomic E-state index is 11.8. The Morgan fingerprint density at radius 2 is 1.62 bits per heavy atom. The number of esters is 4. The maximum Gasteiger partial charge on any atom is 0.310 e. The van der Waals surface area contributed by atoms with Crippen molar-refractivity contribution in [3.8, 4) is 0 Å². The molecular formula is C19H25N3O10. The number of hydrogen-bond acceptors (Lipinski definition) is 12. The van der Waals surface area contributed by atoms with E-state index in [1.807, 2.05) is 0 Å². The fourth-order valence-corrected chi connectivity index (χ4v) is 3.10. The van der Waals surface area contributed by atoms with E-state index in [9.17, 15) is 24.0 Å². The Labute approximate surface area is 183 Å². The van der Waals surface area contributed by atoms with Crippen LogP contribution in [0.2, 0.25) is 0 Å². The topological polar surface area (TPSA) is 159 Å². The smallest absolute Gasteiger partial charge is 0.310 e. The molecule has 32 heavy (non-hydrogen) atoms. The number of rotatable bonds is 6. The minimum absolute atomic E-state index is 0.0250. The van der Waals surface area contributed by atoms with Crippen molar-refractivity contribution in [1.82, 2.24) is 10.2 Å². The van der Waals surface area contributed by atoms with Crippen LogP contribution in [-0.4, -0.2) is 78.4 Å². The van der Waals surface area contributed by atoms with Crippen LogP contribution in [0.4, 0.5) is 0 Å². The zero-order valence-electron chi connectivity index (χ0n) is 18.3. The Balaban J connectivity index is 2.40. The van der Waals surface area contributed by atoms with Crippen LogP contribution in [-0.2, 0) is 47.7 Å². The Morgan fingerprint density at radius 3 is 2.16 bits per heavy atom. The Kier molecular flexibility index (Phi) is 8.29. The molecule has 2 heterocycles. The molecule has 1 saturated heterocycles. The number of carbonyl (C=O) groups is 5. The summed E-state index contributed by atoms with van der Waals surface area (Å²) >= 11 is 0. The quantitative estimate of drug-likeness (QED) is 0.400. The van der Waals surface area contributed by atoms with E-state index in [2.05, 4.69) is 10.3 Å². The predicted molar refractivity (Wildman–Crippen MR) is 104 cm³/mol. The van der Waals surface area contributed by atoms with Crippen molar-refractivity contribution in [1.29, 1.82) is 0 Å². The van der Waals surface area contributed by atoms with Gasteiger partial charge in [-0.2, -0.15) is 4.99 Å². The van der Waals surface area contributed by atoms with Gasteiger partial charge in [0.25, 0.3) is 0 Å². The van der Waals surface area contributed by atoms with Gasteiger partial charge in [-0.25, -0.2) is 0 Å². The van der Waals surface area contributed by atoms with E-state index >= 15 is 0 Å². The third kappa shape index (κ3) is 6.77.